The number of nitrogens with one attached hydrogen (secondary N) is 1. The molecule has 2 fully saturated rings. The van der Waals surface area contributed by atoms with E-state index in [0.29, 0.717) is 12.6 Å². The molecule has 0 aromatic carbocycles. The van der Waals surface area contributed by atoms with Gasteiger partial charge in [-0.2, -0.15) is 5.10 Å². The van der Waals surface area contributed by atoms with Crippen molar-refractivity contribution in [1.29, 1.82) is 0 Å². The molecule has 2 aromatic rings. The number of nitrogens with zero attached hydrogens (tertiary/aromatic N) is 5. The van der Waals surface area contributed by atoms with Crippen LogP contribution in [-0.2, 0) is 6.54 Å². The number of rotatable bonds is 5. The molecule has 4 rings (SSSR count). The minimum Gasteiger partial charge on any atom is -0.394 e. The minimum atomic E-state index is 0.0587. The highest BCUT2D eigenvalue weighted by atomic mass is 16.3. The molecule has 2 aliphatic rings. The molecule has 118 valence electrons. The van der Waals surface area contributed by atoms with Crippen molar-refractivity contribution in [2.45, 2.75) is 44.3 Å². The summed E-state index contributed by atoms with van der Waals surface area (Å²) in [6.07, 6.45) is 8.44. The van der Waals surface area contributed by atoms with Crippen LogP contribution in [0.3, 0.4) is 0 Å². The number of piperidine rings is 1. The highest BCUT2D eigenvalue weighted by Gasteiger charge is 2.31. The summed E-state index contributed by atoms with van der Waals surface area (Å²) in [4.78, 5) is 11.3. The van der Waals surface area contributed by atoms with Crippen molar-refractivity contribution in [3.05, 3.63) is 12.5 Å². The van der Waals surface area contributed by atoms with Crippen molar-refractivity contribution in [3.63, 3.8) is 0 Å². The van der Waals surface area contributed by atoms with Crippen LogP contribution >= 0.6 is 0 Å². The van der Waals surface area contributed by atoms with Crippen LogP contribution in [0.25, 0.3) is 11.0 Å². The SMILES string of the molecule is OCCn1ncc2c(NC3CCN(C4CC4)CC3)ncnc21. The third-order valence-electron chi connectivity index (χ3n) is 4.68. The van der Waals surface area contributed by atoms with Gasteiger partial charge in [0.25, 0.3) is 0 Å². The van der Waals surface area contributed by atoms with Crippen molar-refractivity contribution in [2.24, 2.45) is 0 Å². The summed E-state index contributed by atoms with van der Waals surface area (Å²) in [6, 6.07) is 1.33. The van der Waals surface area contributed by atoms with E-state index in [1.165, 1.54) is 25.9 Å². The predicted octanol–water partition coefficient (Wildman–Crippen LogP) is 0.857. The van der Waals surface area contributed by atoms with Crippen LogP contribution < -0.4 is 5.32 Å². The van der Waals surface area contributed by atoms with Crippen LogP contribution in [-0.4, -0.2) is 61.5 Å². The number of likely N-dealkylation sites (tertiary alicyclic amines) is 1. The molecular weight excluding hydrogens is 280 g/mol. The monoisotopic (exact) mass is 302 g/mol. The van der Waals surface area contributed by atoms with E-state index in [1.54, 1.807) is 17.2 Å². The standard InChI is InChI=1S/C15H22N6O/c22-8-7-21-15-13(9-18-21)14(16-10-17-15)19-11-3-5-20(6-4-11)12-1-2-12/h9-12,22H,1-8H2,(H,16,17,19). The van der Waals surface area contributed by atoms with Crippen LogP contribution in [0.2, 0.25) is 0 Å². The molecule has 0 unspecified atom stereocenters. The summed E-state index contributed by atoms with van der Waals surface area (Å²) in [5, 5.41) is 17.9. The zero-order chi connectivity index (χ0) is 14.9. The van der Waals surface area contributed by atoms with E-state index in [-0.39, 0.29) is 6.61 Å². The second kappa shape index (κ2) is 5.81. The summed E-state index contributed by atoms with van der Waals surface area (Å²) < 4.78 is 1.72. The van der Waals surface area contributed by atoms with Crippen LogP contribution in [0.5, 0.6) is 0 Å². The number of hydrogen-bond donors (Lipinski definition) is 2. The van der Waals surface area contributed by atoms with Gasteiger partial charge >= 0.3 is 0 Å². The van der Waals surface area contributed by atoms with Crippen molar-refractivity contribution < 1.29 is 5.11 Å². The molecule has 1 aliphatic carbocycles. The first-order chi connectivity index (χ1) is 10.8. The summed E-state index contributed by atoms with van der Waals surface area (Å²) in [6.45, 7) is 2.88. The molecule has 0 atom stereocenters. The molecule has 3 heterocycles. The lowest BCUT2D eigenvalue weighted by Gasteiger charge is -2.32. The first-order valence-electron chi connectivity index (χ1n) is 8.13. The predicted molar refractivity (Wildman–Crippen MR) is 83.6 cm³/mol. The maximum Gasteiger partial charge on any atom is 0.163 e. The number of fused-ring (bicyclic) bond motifs is 1. The first-order valence-corrected chi connectivity index (χ1v) is 8.13. The molecule has 2 N–H and O–H groups in total. The Kier molecular flexibility index (Phi) is 3.67. The van der Waals surface area contributed by atoms with Gasteiger partial charge in [0.1, 0.15) is 12.1 Å². The summed E-state index contributed by atoms with van der Waals surface area (Å²) in [5.41, 5.74) is 0.780. The van der Waals surface area contributed by atoms with Crippen LogP contribution in [0.4, 0.5) is 5.82 Å². The lowest BCUT2D eigenvalue weighted by molar-refractivity contribution is 0.210. The van der Waals surface area contributed by atoms with E-state index in [0.717, 1.165) is 35.7 Å². The second-order valence-corrected chi connectivity index (χ2v) is 6.24. The average Bonchev–Trinajstić information content (AvgIpc) is 3.31. The summed E-state index contributed by atoms with van der Waals surface area (Å²) in [5.74, 6) is 0.860. The fraction of sp³-hybridized carbons (Fsp3) is 0.667. The van der Waals surface area contributed by atoms with Crippen molar-refractivity contribution >= 4 is 16.9 Å². The first kappa shape index (κ1) is 13.9. The van der Waals surface area contributed by atoms with E-state index in [1.807, 2.05) is 0 Å². The molecule has 0 radical (unpaired) electrons. The summed E-state index contributed by atoms with van der Waals surface area (Å²) in [7, 11) is 0. The molecule has 7 heteroatoms. The molecule has 1 saturated heterocycles. The highest BCUT2D eigenvalue weighted by Crippen LogP contribution is 2.30. The topological polar surface area (TPSA) is 79.1 Å². The van der Waals surface area contributed by atoms with Gasteiger partial charge in [-0.15, -0.1) is 0 Å². The van der Waals surface area contributed by atoms with E-state index in [2.05, 4.69) is 25.3 Å². The maximum absolute atomic E-state index is 9.08. The Morgan fingerprint density at radius 1 is 1.18 bits per heavy atom. The average molecular weight is 302 g/mol. The zero-order valence-corrected chi connectivity index (χ0v) is 12.6. The van der Waals surface area contributed by atoms with Gasteiger partial charge in [-0.3, -0.25) is 0 Å². The Balaban J connectivity index is 1.47. The number of aliphatic hydroxyl groups is 1. The molecule has 0 amide bonds. The molecule has 0 spiro atoms. The Hall–Kier alpha value is -1.73. The van der Waals surface area contributed by atoms with Gasteiger partial charge in [0.05, 0.1) is 24.7 Å². The fourth-order valence-electron chi connectivity index (χ4n) is 3.31. The van der Waals surface area contributed by atoms with E-state index in [4.69, 9.17) is 5.11 Å². The number of hydrogen-bond acceptors (Lipinski definition) is 6. The Labute approximate surface area is 129 Å². The quantitative estimate of drug-likeness (QED) is 0.853. The second-order valence-electron chi connectivity index (χ2n) is 6.24. The normalized spacial score (nSPS) is 20.6. The van der Waals surface area contributed by atoms with Crippen molar-refractivity contribution in [3.8, 4) is 0 Å². The highest BCUT2D eigenvalue weighted by molar-refractivity contribution is 5.86. The fourth-order valence-corrected chi connectivity index (χ4v) is 3.31. The van der Waals surface area contributed by atoms with Gasteiger partial charge < -0.3 is 15.3 Å². The zero-order valence-electron chi connectivity index (χ0n) is 12.6. The van der Waals surface area contributed by atoms with E-state index < -0.39 is 0 Å². The van der Waals surface area contributed by atoms with Gasteiger partial charge in [0.15, 0.2) is 5.65 Å². The maximum atomic E-state index is 9.08. The van der Waals surface area contributed by atoms with Crippen LogP contribution in [0.1, 0.15) is 25.7 Å². The van der Waals surface area contributed by atoms with Gasteiger partial charge in [0.2, 0.25) is 0 Å². The summed E-state index contributed by atoms with van der Waals surface area (Å²) >= 11 is 0. The number of anilines is 1. The Morgan fingerprint density at radius 3 is 2.73 bits per heavy atom. The molecule has 1 saturated carbocycles. The number of aromatic nitrogens is 4. The van der Waals surface area contributed by atoms with E-state index >= 15 is 0 Å². The van der Waals surface area contributed by atoms with Crippen molar-refractivity contribution in [2.75, 3.05) is 25.0 Å². The molecular formula is C15H22N6O. The number of aliphatic hydroxyl groups excluding tert-OH is 1. The third-order valence-corrected chi connectivity index (χ3v) is 4.68. The Bertz CT molecular complexity index is 645. The van der Waals surface area contributed by atoms with E-state index in [9.17, 15) is 0 Å². The molecule has 2 aromatic heterocycles. The van der Waals surface area contributed by atoms with Crippen molar-refractivity contribution in [1.82, 2.24) is 24.6 Å². The Morgan fingerprint density at radius 2 is 2.00 bits per heavy atom. The lowest BCUT2D eigenvalue weighted by Crippen LogP contribution is -2.40. The third kappa shape index (κ3) is 2.66. The smallest absolute Gasteiger partial charge is 0.163 e. The molecule has 22 heavy (non-hydrogen) atoms. The van der Waals surface area contributed by atoms with Gasteiger partial charge in [0, 0.05) is 25.2 Å². The van der Waals surface area contributed by atoms with Crippen LogP contribution in [0, 0.1) is 0 Å². The molecule has 7 nitrogen and oxygen atoms in total. The lowest BCUT2D eigenvalue weighted by atomic mass is 10.0. The molecule has 0 bridgehead atoms. The van der Waals surface area contributed by atoms with Gasteiger partial charge in [-0.25, -0.2) is 14.6 Å². The molecule has 1 aliphatic heterocycles. The minimum absolute atomic E-state index is 0.0587. The van der Waals surface area contributed by atoms with Crippen LogP contribution in [0.15, 0.2) is 12.5 Å². The van der Waals surface area contributed by atoms with Gasteiger partial charge in [-0.1, -0.05) is 0 Å². The largest absolute Gasteiger partial charge is 0.394 e. The van der Waals surface area contributed by atoms with Gasteiger partial charge in [-0.05, 0) is 25.7 Å².